The smallest absolute Gasteiger partial charge is 0.396 e. The molecule has 7 nitrogen and oxygen atoms in total. The van der Waals surface area contributed by atoms with Gasteiger partial charge in [0.25, 0.3) is 15.9 Å². The van der Waals surface area contributed by atoms with E-state index in [0.29, 0.717) is 15.8 Å². The Labute approximate surface area is 182 Å². The van der Waals surface area contributed by atoms with Gasteiger partial charge < -0.3 is 4.42 Å². The summed E-state index contributed by atoms with van der Waals surface area (Å²) in [6, 6.07) is 10.7. The lowest BCUT2D eigenvalue weighted by Crippen LogP contribution is -2.37. The zero-order valence-electron chi connectivity index (χ0n) is 16.9. The minimum absolute atomic E-state index is 0.0403. The van der Waals surface area contributed by atoms with Crippen LogP contribution in [0.2, 0.25) is 0 Å². The molecule has 0 aliphatic heterocycles. The average molecular weight is 455 g/mol. The van der Waals surface area contributed by atoms with E-state index in [1.54, 1.807) is 19.1 Å². The maximum absolute atomic E-state index is 13.8. The molecule has 0 spiro atoms. The minimum atomic E-state index is -4.27. The van der Waals surface area contributed by atoms with Gasteiger partial charge in [0, 0.05) is 18.0 Å². The summed E-state index contributed by atoms with van der Waals surface area (Å²) >= 11 is 0.840. The monoisotopic (exact) mass is 454 g/mol. The van der Waals surface area contributed by atoms with Gasteiger partial charge in [0.05, 0.1) is 15.3 Å². The number of aromatic nitrogens is 1. The van der Waals surface area contributed by atoms with Crippen LogP contribution in [-0.4, -0.2) is 19.3 Å². The van der Waals surface area contributed by atoms with Crippen LogP contribution in [0.3, 0.4) is 0 Å². The molecular formula is C22H18N2O5S2. The largest absolute Gasteiger partial charge is 0.414 e. The molecular weight excluding hydrogens is 436 g/mol. The Morgan fingerprint density at radius 1 is 0.968 bits per heavy atom. The van der Waals surface area contributed by atoms with E-state index in [1.807, 2.05) is 13.8 Å². The number of aryl methyl sites for hydroxylation is 3. The third kappa shape index (κ3) is 3.77. The highest BCUT2D eigenvalue weighted by Gasteiger charge is 2.33. The Kier molecular flexibility index (Phi) is 5.24. The lowest BCUT2D eigenvalue weighted by atomic mass is 10.1. The number of carbonyl (C=O) groups excluding carboxylic acids is 1. The quantitative estimate of drug-likeness (QED) is 0.458. The summed E-state index contributed by atoms with van der Waals surface area (Å²) in [5.41, 5.74) is 2.89. The molecule has 0 N–H and O–H groups in total. The molecule has 0 saturated carbocycles. The van der Waals surface area contributed by atoms with Gasteiger partial charge in [0.15, 0.2) is 0 Å². The highest BCUT2D eigenvalue weighted by molar-refractivity contribution is 7.93. The van der Waals surface area contributed by atoms with Gasteiger partial charge in [-0.15, -0.1) is 0 Å². The second-order valence-corrected chi connectivity index (χ2v) is 9.83. The summed E-state index contributed by atoms with van der Waals surface area (Å²) in [5.74, 6) is -0.727. The van der Waals surface area contributed by atoms with E-state index in [0.717, 1.165) is 26.8 Å². The van der Waals surface area contributed by atoms with Crippen LogP contribution >= 0.6 is 11.3 Å². The Morgan fingerprint density at radius 2 is 1.65 bits per heavy atom. The van der Waals surface area contributed by atoms with Crippen LogP contribution in [0.5, 0.6) is 0 Å². The minimum Gasteiger partial charge on any atom is -0.414 e. The molecule has 0 aliphatic carbocycles. The van der Waals surface area contributed by atoms with E-state index in [9.17, 15) is 18.0 Å². The van der Waals surface area contributed by atoms with Crippen LogP contribution < -0.4 is 9.24 Å². The van der Waals surface area contributed by atoms with Crippen LogP contribution in [0, 0.1) is 20.8 Å². The van der Waals surface area contributed by atoms with Crippen LogP contribution in [0.25, 0.3) is 10.3 Å². The van der Waals surface area contributed by atoms with Crippen LogP contribution in [0.1, 0.15) is 27.0 Å². The number of pyridine rings is 1. The van der Waals surface area contributed by atoms with E-state index in [-0.39, 0.29) is 16.1 Å². The lowest BCUT2D eigenvalue weighted by Gasteiger charge is -2.24. The number of fused-ring (bicyclic) bond motifs is 1. The topological polar surface area (TPSA) is 97.6 Å². The van der Waals surface area contributed by atoms with E-state index in [2.05, 4.69) is 4.98 Å². The number of nitrogens with zero attached hydrogens (tertiary/aromatic N) is 2. The predicted octanol–water partition coefficient (Wildman–Crippen LogP) is 4.21. The fourth-order valence-electron chi connectivity index (χ4n) is 3.27. The molecule has 2 aromatic carbocycles. The van der Waals surface area contributed by atoms with Gasteiger partial charge in [0.2, 0.25) is 0 Å². The molecule has 4 rings (SSSR count). The molecule has 31 heavy (non-hydrogen) atoms. The molecule has 9 heteroatoms. The summed E-state index contributed by atoms with van der Waals surface area (Å²) in [6.07, 6.45) is 2.84. The first-order chi connectivity index (χ1) is 14.7. The van der Waals surface area contributed by atoms with E-state index >= 15 is 0 Å². The predicted molar refractivity (Wildman–Crippen MR) is 119 cm³/mol. The standard InChI is InChI=1S/C22H18N2O5S2/c1-13-10-15(3)20(11-14(13)2)31(27,28)24(21(25)16-6-8-23-9-7-16)17-4-5-18-19(12-17)30-22(26)29-18/h4-12H,1-3H3. The maximum atomic E-state index is 13.8. The number of hydrogen-bond acceptors (Lipinski definition) is 7. The summed E-state index contributed by atoms with van der Waals surface area (Å²) in [7, 11) is -4.27. The van der Waals surface area contributed by atoms with Crippen LogP contribution in [0.15, 0.2) is 69.0 Å². The molecule has 0 aliphatic rings. The van der Waals surface area contributed by atoms with Crippen LogP contribution in [-0.2, 0) is 10.0 Å². The van der Waals surface area contributed by atoms with Crippen molar-refractivity contribution < 1.29 is 17.6 Å². The van der Waals surface area contributed by atoms with Crippen molar-refractivity contribution in [3.63, 3.8) is 0 Å². The van der Waals surface area contributed by atoms with Crippen molar-refractivity contribution >= 4 is 43.2 Å². The first kappa shape index (κ1) is 21.0. The van der Waals surface area contributed by atoms with Crippen molar-refractivity contribution in [2.24, 2.45) is 0 Å². The van der Waals surface area contributed by atoms with Gasteiger partial charge in [0.1, 0.15) is 5.58 Å². The summed E-state index contributed by atoms with van der Waals surface area (Å²) in [4.78, 5) is 28.4. The molecule has 0 unspecified atom stereocenters. The van der Waals surface area contributed by atoms with Crippen molar-refractivity contribution in [2.75, 3.05) is 4.31 Å². The molecule has 158 valence electrons. The fraction of sp³-hybridized carbons (Fsp3) is 0.136. The first-order valence-corrected chi connectivity index (χ1v) is 11.6. The molecule has 2 heterocycles. The molecule has 1 amide bonds. The lowest BCUT2D eigenvalue weighted by molar-refractivity contribution is 0.101. The maximum Gasteiger partial charge on any atom is 0.396 e. The molecule has 0 saturated heterocycles. The second-order valence-electron chi connectivity index (χ2n) is 7.10. The number of rotatable bonds is 4. The van der Waals surface area contributed by atoms with Gasteiger partial charge in [-0.1, -0.05) is 17.4 Å². The summed E-state index contributed by atoms with van der Waals surface area (Å²) in [6.45, 7) is 5.41. The number of amides is 1. The fourth-order valence-corrected chi connectivity index (χ4v) is 5.68. The Balaban J connectivity index is 1.96. The van der Waals surface area contributed by atoms with Crippen molar-refractivity contribution in [2.45, 2.75) is 25.7 Å². The number of carbonyl (C=O) groups is 1. The molecule has 0 bridgehead atoms. The molecule has 0 fully saturated rings. The van der Waals surface area contributed by atoms with Gasteiger partial charge in [-0.05, 0) is 73.9 Å². The Hall–Kier alpha value is -3.30. The third-order valence-corrected chi connectivity index (χ3v) is 7.61. The van der Waals surface area contributed by atoms with Crippen molar-refractivity contribution in [1.29, 1.82) is 0 Å². The summed E-state index contributed by atoms with van der Waals surface area (Å²) in [5, 5.41) is 0. The average Bonchev–Trinajstić information content (AvgIpc) is 3.10. The van der Waals surface area contributed by atoms with Gasteiger partial charge >= 0.3 is 4.94 Å². The van der Waals surface area contributed by atoms with Gasteiger partial charge in [-0.3, -0.25) is 9.78 Å². The van der Waals surface area contributed by atoms with Crippen molar-refractivity contribution in [3.8, 4) is 0 Å². The summed E-state index contributed by atoms with van der Waals surface area (Å²) < 4.78 is 33.8. The molecule has 4 aromatic rings. The number of sulfonamides is 1. The normalized spacial score (nSPS) is 11.6. The Morgan fingerprint density at radius 3 is 2.35 bits per heavy atom. The highest BCUT2D eigenvalue weighted by Crippen LogP contribution is 2.32. The van der Waals surface area contributed by atoms with Crippen molar-refractivity contribution in [3.05, 3.63) is 86.8 Å². The third-order valence-electron chi connectivity index (χ3n) is 4.97. The molecule has 0 radical (unpaired) electrons. The van der Waals surface area contributed by atoms with Crippen molar-refractivity contribution in [1.82, 2.24) is 4.98 Å². The molecule has 2 aromatic heterocycles. The first-order valence-electron chi connectivity index (χ1n) is 9.30. The zero-order valence-corrected chi connectivity index (χ0v) is 18.6. The van der Waals surface area contributed by atoms with Gasteiger partial charge in [-0.25, -0.2) is 13.2 Å². The number of hydrogen-bond donors (Lipinski definition) is 0. The zero-order chi connectivity index (χ0) is 22.3. The highest BCUT2D eigenvalue weighted by atomic mass is 32.2. The van der Waals surface area contributed by atoms with E-state index < -0.39 is 20.9 Å². The SMILES string of the molecule is Cc1cc(C)c(S(=O)(=O)N(C(=O)c2ccncc2)c2ccc3oc(=O)sc3c2)cc1C. The number of benzene rings is 2. The van der Waals surface area contributed by atoms with E-state index in [1.165, 1.54) is 42.7 Å². The number of anilines is 1. The second kappa shape index (κ2) is 7.75. The Bertz CT molecular complexity index is 1470. The van der Waals surface area contributed by atoms with Crippen LogP contribution in [0.4, 0.5) is 5.69 Å². The van der Waals surface area contributed by atoms with E-state index in [4.69, 9.17) is 4.42 Å². The van der Waals surface area contributed by atoms with Gasteiger partial charge in [-0.2, -0.15) is 4.31 Å². The molecule has 0 atom stereocenters.